The SMILES string of the molecule is COc1ccc(S(=O)(=O)CC(=O)c2cccc(Cn3c(-c4ccccc4)cc4cc(OC)ccc43)n2)cc1. The summed E-state index contributed by atoms with van der Waals surface area (Å²) in [4.78, 5) is 17.6. The second kappa shape index (κ2) is 10.5. The molecule has 0 atom stereocenters. The van der Waals surface area contributed by atoms with E-state index in [1.165, 1.54) is 19.2 Å². The molecule has 0 aliphatic rings. The summed E-state index contributed by atoms with van der Waals surface area (Å²) in [5.41, 5.74) is 3.78. The molecule has 0 spiro atoms. The molecule has 0 saturated carbocycles. The van der Waals surface area contributed by atoms with Gasteiger partial charge in [0.2, 0.25) is 0 Å². The third-order valence-electron chi connectivity index (χ3n) is 6.33. The summed E-state index contributed by atoms with van der Waals surface area (Å²) in [7, 11) is -0.697. The van der Waals surface area contributed by atoms with Crippen LogP contribution in [0.3, 0.4) is 0 Å². The summed E-state index contributed by atoms with van der Waals surface area (Å²) < 4.78 is 38.3. The van der Waals surface area contributed by atoms with E-state index in [1.54, 1.807) is 31.4 Å². The van der Waals surface area contributed by atoms with Gasteiger partial charge in [0.05, 0.1) is 31.4 Å². The van der Waals surface area contributed by atoms with Crippen molar-refractivity contribution in [2.75, 3.05) is 20.0 Å². The Kier molecular flexibility index (Phi) is 6.98. The van der Waals surface area contributed by atoms with Crippen molar-refractivity contribution in [3.8, 4) is 22.8 Å². The van der Waals surface area contributed by atoms with Gasteiger partial charge < -0.3 is 14.0 Å². The van der Waals surface area contributed by atoms with Gasteiger partial charge in [-0.25, -0.2) is 13.4 Å². The Hall–Kier alpha value is -4.43. The minimum Gasteiger partial charge on any atom is -0.497 e. The van der Waals surface area contributed by atoms with E-state index in [4.69, 9.17) is 9.47 Å². The molecular formula is C30H26N2O5S. The topological polar surface area (TPSA) is 87.5 Å². The number of carbonyl (C=O) groups is 1. The molecule has 8 heteroatoms. The minimum atomic E-state index is -3.84. The number of ether oxygens (including phenoxy) is 2. The standard InChI is InChI=1S/C30H26N2O5S/c1-36-24-11-14-26(15-12-24)38(34,35)20-30(33)27-10-6-9-23(31-27)19-32-28-16-13-25(37-2)17-22(28)18-29(32)21-7-4-3-5-8-21/h3-18H,19-20H2,1-2H3. The first-order chi connectivity index (χ1) is 18.4. The molecule has 0 unspecified atom stereocenters. The van der Waals surface area contributed by atoms with Crippen LogP contribution >= 0.6 is 0 Å². The summed E-state index contributed by atoms with van der Waals surface area (Å²) in [6.07, 6.45) is 0. The molecule has 192 valence electrons. The summed E-state index contributed by atoms with van der Waals surface area (Å²) in [5.74, 6) is 0.0682. The van der Waals surface area contributed by atoms with Crippen molar-refractivity contribution < 1.29 is 22.7 Å². The van der Waals surface area contributed by atoms with Crippen molar-refractivity contribution in [2.45, 2.75) is 11.4 Å². The highest BCUT2D eigenvalue weighted by Gasteiger charge is 2.22. The lowest BCUT2D eigenvalue weighted by atomic mass is 10.1. The fourth-order valence-electron chi connectivity index (χ4n) is 4.39. The molecule has 5 rings (SSSR count). The number of rotatable bonds is 9. The zero-order chi connectivity index (χ0) is 26.7. The quantitative estimate of drug-likeness (QED) is 0.238. The van der Waals surface area contributed by atoms with E-state index in [0.29, 0.717) is 18.0 Å². The van der Waals surface area contributed by atoms with Crippen LogP contribution in [0.4, 0.5) is 0 Å². The van der Waals surface area contributed by atoms with Crippen LogP contribution in [0.15, 0.2) is 102 Å². The van der Waals surface area contributed by atoms with Gasteiger partial charge in [-0.15, -0.1) is 0 Å². The number of pyridine rings is 1. The van der Waals surface area contributed by atoms with Crippen molar-refractivity contribution in [3.05, 3.63) is 108 Å². The number of hydrogen-bond acceptors (Lipinski definition) is 6. The zero-order valence-electron chi connectivity index (χ0n) is 21.0. The van der Waals surface area contributed by atoms with E-state index in [1.807, 2.05) is 54.6 Å². The van der Waals surface area contributed by atoms with Crippen molar-refractivity contribution >= 4 is 26.5 Å². The van der Waals surface area contributed by atoms with Crippen molar-refractivity contribution in [3.63, 3.8) is 0 Å². The number of Topliss-reactive ketones (excluding diaryl/α,β-unsaturated/α-hetero) is 1. The Bertz CT molecular complexity index is 1710. The number of sulfone groups is 1. The highest BCUT2D eigenvalue weighted by molar-refractivity contribution is 7.92. The largest absolute Gasteiger partial charge is 0.497 e. The van der Waals surface area contributed by atoms with E-state index in [0.717, 1.165) is 27.9 Å². The Morgan fingerprint density at radius 1 is 0.816 bits per heavy atom. The first-order valence-corrected chi connectivity index (χ1v) is 13.6. The maximum absolute atomic E-state index is 13.0. The zero-order valence-corrected chi connectivity index (χ0v) is 21.8. The number of nitrogens with zero attached hydrogens (tertiary/aromatic N) is 2. The summed E-state index contributed by atoms with van der Waals surface area (Å²) >= 11 is 0. The third kappa shape index (κ3) is 5.17. The van der Waals surface area contributed by atoms with E-state index >= 15 is 0 Å². The predicted molar refractivity (Wildman–Crippen MR) is 147 cm³/mol. The number of methoxy groups -OCH3 is 2. The lowest BCUT2D eigenvalue weighted by molar-refractivity contribution is 0.101. The lowest BCUT2D eigenvalue weighted by Gasteiger charge is -2.12. The molecule has 5 aromatic rings. The first kappa shape index (κ1) is 25.2. The number of fused-ring (bicyclic) bond motifs is 1. The van der Waals surface area contributed by atoms with Gasteiger partial charge in [-0.1, -0.05) is 36.4 Å². The molecule has 0 bridgehead atoms. The number of ketones is 1. The van der Waals surface area contributed by atoms with E-state index in [2.05, 4.69) is 15.6 Å². The fraction of sp³-hybridized carbons (Fsp3) is 0.133. The molecule has 0 radical (unpaired) electrons. The molecule has 0 amide bonds. The van der Waals surface area contributed by atoms with Crippen LogP contribution in [0.1, 0.15) is 16.2 Å². The number of hydrogen-bond donors (Lipinski definition) is 0. The normalized spacial score (nSPS) is 11.4. The molecule has 0 saturated heterocycles. The van der Waals surface area contributed by atoms with Gasteiger partial charge in [0.1, 0.15) is 22.9 Å². The van der Waals surface area contributed by atoms with Crippen molar-refractivity contribution in [1.82, 2.24) is 9.55 Å². The highest BCUT2D eigenvalue weighted by atomic mass is 32.2. The Morgan fingerprint density at radius 2 is 1.53 bits per heavy atom. The monoisotopic (exact) mass is 526 g/mol. The van der Waals surface area contributed by atoms with Gasteiger partial charge in [0.15, 0.2) is 15.6 Å². The third-order valence-corrected chi connectivity index (χ3v) is 7.96. The molecule has 3 aromatic carbocycles. The molecular weight excluding hydrogens is 500 g/mol. The van der Waals surface area contributed by atoms with Gasteiger partial charge in [-0.2, -0.15) is 0 Å². The fourth-order valence-corrected chi connectivity index (χ4v) is 5.60. The highest BCUT2D eigenvalue weighted by Crippen LogP contribution is 2.31. The van der Waals surface area contributed by atoms with Crippen LogP contribution < -0.4 is 9.47 Å². The molecule has 38 heavy (non-hydrogen) atoms. The molecule has 0 aliphatic carbocycles. The van der Waals surface area contributed by atoms with Crippen LogP contribution in [0, 0.1) is 0 Å². The summed E-state index contributed by atoms with van der Waals surface area (Å²) in [6, 6.07) is 29.1. The number of carbonyl (C=O) groups excluding carboxylic acids is 1. The second-order valence-electron chi connectivity index (χ2n) is 8.78. The number of benzene rings is 3. The maximum atomic E-state index is 13.0. The van der Waals surface area contributed by atoms with E-state index < -0.39 is 21.4 Å². The Balaban J connectivity index is 1.45. The smallest absolute Gasteiger partial charge is 0.196 e. The van der Waals surface area contributed by atoms with E-state index in [9.17, 15) is 13.2 Å². The first-order valence-electron chi connectivity index (χ1n) is 12.0. The molecule has 7 nitrogen and oxygen atoms in total. The molecule has 0 aliphatic heterocycles. The maximum Gasteiger partial charge on any atom is 0.196 e. The molecule has 2 heterocycles. The van der Waals surface area contributed by atoms with Crippen LogP contribution in [0.25, 0.3) is 22.2 Å². The van der Waals surface area contributed by atoms with Crippen LogP contribution in [0.5, 0.6) is 11.5 Å². The molecule has 0 fully saturated rings. The Labute approximate surface area is 221 Å². The summed E-state index contributed by atoms with van der Waals surface area (Å²) in [6.45, 7) is 0.395. The average Bonchev–Trinajstić information content (AvgIpc) is 3.30. The molecule has 0 N–H and O–H groups in total. The van der Waals surface area contributed by atoms with Gasteiger partial charge >= 0.3 is 0 Å². The second-order valence-corrected chi connectivity index (χ2v) is 10.8. The van der Waals surface area contributed by atoms with Crippen LogP contribution in [-0.4, -0.2) is 43.7 Å². The van der Waals surface area contributed by atoms with Gasteiger partial charge in [-0.3, -0.25) is 4.79 Å². The minimum absolute atomic E-state index is 0.0598. The summed E-state index contributed by atoms with van der Waals surface area (Å²) in [5, 5.41) is 1.01. The van der Waals surface area contributed by atoms with E-state index in [-0.39, 0.29) is 10.6 Å². The van der Waals surface area contributed by atoms with Crippen molar-refractivity contribution in [1.29, 1.82) is 0 Å². The Morgan fingerprint density at radius 3 is 2.24 bits per heavy atom. The van der Waals surface area contributed by atoms with Gasteiger partial charge in [0.25, 0.3) is 0 Å². The molecule has 2 aromatic heterocycles. The van der Waals surface area contributed by atoms with Crippen molar-refractivity contribution in [2.24, 2.45) is 0 Å². The van der Waals surface area contributed by atoms with Crippen LogP contribution in [0.2, 0.25) is 0 Å². The lowest BCUT2D eigenvalue weighted by Crippen LogP contribution is -2.18. The van der Waals surface area contributed by atoms with Gasteiger partial charge in [-0.05, 0) is 66.2 Å². The van der Waals surface area contributed by atoms with Crippen LogP contribution in [-0.2, 0) is 16.4 Å². The van der Waals surface area contributed by atoms with Gasteiger partial charge in [0, 0.05) is 16.6 Å². The number of aromatic nitrogens is 2. The average molecular weight is 527 g/mol. The predicted octanol–water partition coefficient (Wildman–Crippen LogP) is 5.43.